The Hall–Kier alpha value is -3.78. The Morgan fingerprint density at radius 3 is 2.42 bits per heavy atom. The molecule has 1 N–H and O–H groups in total. The van der Waals surface area contributed by atoms with E-state index in [0.29, 0.717) is 44.0 Å². The van der Waals surface area contributed by atoms with Gasteiger partial charge < -0.3 is 24.4 Å². The van der Waals surface area contributed by atoms with Gasteiger partial charge in [0.05, 0.1) is 13.5 Å². The normalized spacial score (nSPS) is 16.1. The Bertz CT molecular complexity index is 1110. The molecule has 1 aliphatic rings. The van der Waals surface area contributed by atoms with Crippen molar-refractivity contribution in [3.05, 3.63) is 35.9 Å². The van der Waals surface area contributed by atoms with Crippen LogP contribution >= 0.6 is 0 Å². The van der Waals surface area contributed by atoms with E-state index >= 15 is 0 Å². The first kappa shape index (κ1) is 28.8. The fourth-order valence-electron chi connectivity index (χ4n) is 3.84. The fourth-order valence-corrected chi connectivity index (χ4v) is 3.84. The minimum atomic E-state index is -5.28. The van der Waals surface area contributed by atoms with Crippen LogP contribution in [-0.2, 0) is 20.7 Å². The number of nitrogens with zero attached hydrogens (tertiary/aromatic N) is 3. The lowest BCUT2D eigenvalue weighted by atomic mass is 9.99. The lowest BCUT2D eigenvalue weighted by Gasteiger charge is -2.36. The molecule has 2 heterocycles. The Morgan fingerprint density at radius 2 is 1.79 bits per heavy atom. The summed E-state index contributed by atoms with van der Waals surface area (Å²) in [6.07, 6.45) is -8.18. The average Bonchev–Trinajstić information content (AvgIpc) is 2.83. The number of ether oxygens (including phenoxy) is 3. The third kappa shape index (κ3) is 8.66. The third-order valence-electron chi connectivity index (χ3n) is 5.51. The van der Waals surface area contributed by atoms with Gasteiger partial charge in [0.1, 0.15) is 17.4 Å². The summed E-state index contributed by atoms with van der Waals surface area (Å²) in [5, 5.41) is 3.07. The molecule has 2 aromatic rings. The van der Waals surface area contributed by atoms with Gasteiger partial charge in [-0.1, -0.05) is 12.1 Å². The molecule has 208 valence electrons. The van der Waals surface area contributed by atoms with E-state index in [2.05, 4.69) is 24.8 Å². The molecule has 1 aliphatic heterocycles. The summed E-state index contributed by atoms with van der Waals surface area (Å²) >= 11 is 0. The first-order valence-corrected chi connectivity index (χ1v) is 11.4. The van der Waals surface area contributed by atoms with E-state index in [1.54, 1.807) is 11.0 Å². The topological polar surface area (TPSA) is 103 Å². The molecule has 1 aromatic carbocycles. The summed E-state index contributed by atoms with van der Waals surface area (Å²) < 4.78 is 87.1. The van der Waals surface area contributed by atoms with Crippen LogP contribution in [0.4, 0.5) is 38.0 Å². The number of hydrogen-bond acceptors (Lipinski definition) is 9. The first-order chi connectivity index (χ1) is 17.8. The summed E-state index contributed by atoms with van der Waals surface area (Å²) in [6.45, 7) is 0.783. The molecule has 1 saturated heterocycles. The van der Waals surface area contributed by atoms with Gasteiger partial charge in [-0.25, -0.2) is 4.79 Å². The zero-order valence-corrected chi connectivity index (χ0v) is 20.1. The van der Waals surface area contributed by atoms with Crippen molar-refractivity contribution in [2.24, 2.45) is 0 Å². The zero-order valence-electron chi connectivity index (χ0n) is 20.1. The SMILES string of the molecule is COc1nc(NCCc2ccc(OC(F)(F)F)cc2)cc(N2CCCCC2CC(=O)OC(=O)C(F)(F)F)n1. The number of carbonyl (C=O) groups excluding carboxylic acids is 2. The molecular formula is C23H24F6N4O5. The molecule has 1 atom stereocenters. The van der Waals surface area contributed by atoms with E-state index in [9.17, 15) is 35.9 Å². The Balaban J connectivity index is 1.65. The number of alkyl halides is 6. The van der Waals surface area contributed by atoms with Crippen molar-refractivity contribution < 1.29 is 50.1 Å². The molecule has 15 heteroatoms. The highest BCUT2D eigenvalue weighted by molar-refractivity contribution is 5.88. The van der Waals surface area contributed by atoms with Gasteiger partial charge in [-0.2, -0.15) is 23.1 Å². The summed E-state index contributed by atoms with van der Waals surface area (Å²) in [5.74, 6) is -3.49. The number of anilines is 2. The largest absolute Gasteiger partial charge is 0.573 e. The van der Waals surface area contributed by atoms with Crippen LogP contribution in [0, 0.1) is 0 Å². The molecule has 0 aliphatic carbocycles. The van der Waals surface area contributed by atoms with Gasteiger partial charge >= 0.3 is 30.5 Å². The molecule has 0 bridgehead atoms. The van der Waals surface area contributed by atoms with Crippen molar-refractivity contribution in [1.82, 2.24) is 9.97 Å². The van der Waals surface area contributed by atoms with Crippen molar-refractivity contribution in [3.63, 3.8) is 0 Å². The number of carbonyl (C=O) groups is 2. The maximum absolute atomic E-state index is 12.4. The number of benzene rings is 1. The molecule has 1 aromatic heterocycles. The van der Waals surface area contributed by atoms with Crippen molar-refractivity contribution >= 4 is 23.6 Å². The van der Waals surface area contributed by atoms with Crippen LogP contribution in [0.1, 0.15) is 31.2 Å². The van der Waals surface area contributed by atoms with Crippen molar-refractivity contribution in [2.75, 3.05) is 30.4 Å². The lowest BCUT2D eigenvalue weighted by Crippen LogP contribution is -2.42. The van der Waals surface area contributed by atoms with Crippen LogP contribution in [0.5, 0.6) is 11.8 Å². The van der Waals surface area contributed by atoms with Crippen LogP contribution in [-0.4, -0.2) is 60.7 Å². The smallest absolute Gasteiger partial charge is 0.467 e. The summed E-state index contributed by atoms with van der Waals surface area (Å²) in [4.78, 5) is 33.2. The highest BCUT2D eigenvalue weighted by atomic mass is 19.4. The highest BCUT2D eigenvalue weighted by Crippen LogP contribution is 2.29. The van der Waals surface area contributed by atoms with E-state index in [0.717, 1.165) is 12.0 Å². The number of methoxy groups -OCH3 is 1. The van der Waals surface area contributed by atoms with Crippen LogP contribution < -0.4 is 19.7 Å². The van der Waals surface area contributed by atoms with E-state index in [1.165, 1.54) is 31.4 Å². The minimum absolute atomic E-state index is 0.00204. The number of rotatable bonds is 9. The van der Waals surface area contributed by atoms with Crippen molar-refractivity contribution in [1.29, 1.82) is 0 Å². The number of piperidine rings is 1. The van der Waals surface area contributed by atoms with Crippen LogP contribution in [0.15, 0.2) is 30.3 Å². The molecule has 0 saturated carbocycles. The number of nitrogens with one attached hydrogen (secondary N) is 1. The number of hydrogen-bond donors (Lipinski definition) is 1. The van der Waals surface area contributed by atoms with Gasteiger partial charge in [0.2, 0.25) is 0 Å². The molecule has 0 radical (unpaired) electrons. The van der Waals surface area contributed by atoms with E-state index in [4.69, 9.17) is 4.74 Å². The second-order valence-corrected chi connectivity index (χ2v) is 8.27. The quantitative estimate of drug-likeness (QED) is 0.276. The zero-order chi connectivity index (χ0) is 27.9. The van der Waals surface area contributed by atoms with E-state index < -0.39 is 36.9 Å². The number of halogens is 6. The van der Waals surface area contributed by atoms with Crippen molar-refractivity contribution in [3.8, 4) is 11.8 Å². The molecule has 1 unspecified atom stereocenters. The predicted octanol–water partition coefficient (Wildman–Crippen LogP) is 4.42. The molecule has 3 rings (SSSR count). The van der Waals surface area contributed by atoms with Gasteiger partial charge in [0.25, 0.3) is 0 Å². The summed E-state index contributed by atoms with van der Waals surface area (Å²) in [5.41, 5.74) is 0.733. The molecule has 9 nitrogen and oxygen atoms in total. The number of aromatic nitrogens is 2. The monoisotopic (exact) mass is 550 g/mol. The standard InChI is InChI=1S/C23H24F6N4O5/c1-36-21-31-17(30-10-9-14-5-7-16(8-6-14)38-23(27,28)29)13-18(32-21)33-11-3-2-4-15(33)12-19(34)37-20(35)22(24,25)26/h5-8,13,15H,2-4,9-12H2,1H3,(H,30,31,32). The Kier molecular flexibility index (Phi) is 9.22. The average molecular weight is 550 g/mol. The van der Waals surface area contributed by atoms with Gasteiger partial charge in [-0.3, -0.25) is 4.79 Å². The minimum Gasteiger partial charge on any atom is -0.467 e. The van der Waals surface area contributed by atoms with Gasteiger partial charge in [-0.05, 0) is 43.4 Å². The second kappa shape index (κ2) is 12.2. The maximum Gasteiger partial charge on any atom is 0.573 e. The Morgan fingerprint density at radius 1 is 1.08 bits per heavy atom. The van der Waals surface area contributed by atoms with Crippen molar-refractivity contribution in [2.45, 2.75) is 50.7 Å². The Labute approximate surface area is 213 Å². The molecular weight excluding hydrogens is 526 g/mol. The lowest BCUT2D eigenvalue weighted by molar-refractivity contribution is -0.274. The summed E-state index contributed by atoms with van der Waals surface area (Å²) in [7, 11) is 1.35. The predicted molar refractivity (Wildman–Crippen MR) is 121 cm³/mol. The molecule has 0 amide bonds. The highest BCUT2D eigenvalue weighted by Gasteiger charge is 2.43. The van der Waals surface area contributed by atoms with Gasteiger partial charge in [0.15, 0.2) is 0 Å². The van der Waals surface area contributed by atoms with Crippen LogP contribution in [0.3, 0.4) is 0 Å². The third-order valence-corrected chi connectivity index (χ3v) is 5.51. The van der Waals surface area contributed by atoms with E-state index in [1.807, 2.05) is 0 Å². The molecule has 0 spiro atoms. The molecule has 38 heavy (non-hydrogen) atoms. The maximum atomic E-state index is 12.4. The first-order valence-electron chi connectivity index (χ1n) is 11.4. The van der Waals surface area contributed by atoms with E-state index in [-0.39, 0.29) is 11.8 Å². The number of esters is 2. The van der Waals surface area contributed by atoms with Crippen LogP contribution in [0.2, 0.25) is 0 Å². The van der Waals surface area contributed by atoms with Crippen LogP contribution in [0.25, 0.3) is 0 Å². The second-order valence-electron chi connectivity index (χ2n) is 8.27. The van der Waals surface area contributed by atoms with Gasteiger partial charge in [-0.15, -0.1) is 13.2 Å². The van der Waals surface area contributed by atoms with Gasteiger partial charge in [0, 0.05) is 25.2 Å². The summed E-state index contributed by atoms with van der Waals surface area (Å²) in [6, 6.07) is 6.41. The molecule has 1 fully saturated rings. The fraction of sp³-hybridized carbons (Fsp3) is 0.478.